The predicted molar refractivity (Wildman–Crippen MR) is 142 cm³/mol. The van der Waals surface area contributed by atoms with E-state index in [1.165, 1.54) is 13.8 Å². The van der Waals surface area contributed by atoms with Crippen LogP contribution in [0.2, 0.25) is 0 Å². The molecule has 0 aliphatic heterocycles. The number of rotatable bonds is 6. The summed E-state index contributed by atoms with van der Waals surface area (Å²) >= 11 is 0. The quantitative estimate of drug-likeness (QED) is 0.392. The first-order chi connectivity index (χ1) is 19.1. The van der Waals surface area contributed by atoms with Crippen molar-refractivity contribution in [1.82, 2.24) is 0 Å². The molecule has 6 aliphatic carbocycles. The fourth-order valence-corrected chi connectivity index (χ4v) is 11.7. The van der Waals surface area contributed by atoms with Gasteiger partial charge in [0.25, 0.3) is 0 Å². The maximum absolute atomic E-state index is 13.8. The lowest BCUT2D eigenvalue weighted by atomic mass is 9.37. The van der Waals surface area contributed by atoms with Crippen molar-refractivity contribution in [3.05, 3.63) is 35.9 Å². The molecule has 9 heteroatoms. The molecule has 6 aliphatic rings. The van der Waals surface area contributed by atoms with Gasteiger partial charge in [-0.05, 0) is 29.7 Å². The average molecular weight is 567 g/mol. The van der Waals surface area contributed by atoms with Crippen molar-refractivity contribution in [1.29, 1.82) is 0 Å². The molecule has 0 saturated heterocycles. The summed E-state index contributed by atoms with van der Waals surface area (Å²) in [7, 11) is 0. The zero-order valence-corrected chi connectivity index (χ0v) is 24.3. The van der Waals surface area contributed by atoms with Gasteiger partial charge in [0.15, 0.2) is 11.4 Å². The van der Waals surface area contributed by atoms with Crippen molar-refractivity contribution >= 4 is 23.7 Å². The van der Waals surface area contributed by atoms with Crippen LogP contribution in [0.25, 0.3) is 0 Å². The van der Waals surface area contributed by atoms with Gasteiger partial charge in [-0.1, -0.05) is 58.0 Å². The molecule has 2 bridgehead atoms. The zero-order valence-electron chi connectivity index (χ0n) is 24.3. The summed E-state index contributed by atoms with van der Waals surface area (Å²) < 4.78 is 17.9. The Labute approximate surface area is 238 Å². The standard InChI is InChI=1S/C32H38O9/c1-15-25(40-19(35)12-18-10-8-7-9-11-18)32(41-17(3)34)23(27(32,4)5)22-20-21-24(31(15,22)38)30(37)13-29(20,14-39-16(2)33)28(21,6)26(30)36/h7-11,15,20-25,37-38H,12-14H2,1-6H3/t15-,20+,21-,22+,23-,24-,25-,28-,29+,30+,31-,32-/m1/s1. The highest BCUT2D eigenvalue weighted by Crippen LogP contribution is 2.93. The van der Waals surface area contributed by atoms with Crippen LogP contribution in [0.1, 0.15) is 53.5 Å². The van der Waals surface area contributed by atoms with Crippen LogP contribution in [0, 0.1) is 51.8 Å². The van der Waals surface area contributed by atoms with E-state index in [0.717, 1.165) is 5.56 Å². The third-order valence-corrected chi connectivity index (χ3v) is 12.9. The first kappa shape index (κ1) is 27.1. The summed E-state index contributed by atoms with van der Waals surface area (Å²) in [4.78, 5) is 51.8. The number of esters is 3. The highest BCUT2D eigenvalue weighted by molar-refractivity contribution is 6.01. The number of carbonyl (C=O) groups is 4. The molecular weight excluding hydrogens is 528 g/mol. The Morgan fingerprint density at radius 1 is 0.951 bits per heavy atom. The molecule has 12 atom stereocenters. The van der Waals surface area contributed by atoms with Crippen LogP contribution in [0.3, 0.4) is 0 Å². The second-order valence-electron chi connectivity index (χ2n) is 14.5. The van der Waals surface area contributed by atoms with Gasteiger partial charge in [-0.3, -0.25) is 19.2 Å². The van der Waals surface area contributed by atoms with Gasteiger partial charge >= 0.3 is 17.9 Å². The minimum atomic E-state index is -1.78. The molecule has 1 aromatic carbocycles. The number of carbonyl (C=O) groups excluding carboxylic acids is 4. The van der Waals surface area contributed by atoms with Gasteiger partial charge in [0.2, 0.25) is 0 Å². The van der Waals surface area contributed by atoms with Crippen LogP contribution in [-0.2, 0) is 39.8 Å². The van der Waals surface area contributed by atoms with Gasteiger partial charge in [0.05, 0.1) is 18.6 Å². The lowest BCUT2D eigenvalue weighted by Crippen LogP contribution is -2.67. The third-order valence-electron chi connectivity index (χ3n) is 12.9. The fourth-order valence-electron chi connectivity index (χ4n) is 11.7. The van der Waals surface area contributed by atoms with E-state index in [9.17, 15) is 29.4 Å². The van der Waals surface area contributed by atoms with Crippen molar-refractivity contribution in [3.8, 4) is 0 Å². The summed E-state index contributed by atoms with van der Waals surface area (Å²) in [6.45, 7) is 10.2. The molecule has 2 N–H and O–H groups in total. The number of ketones is 1. The largest absolute Gasteiger partial charge is 0.465 e. The van der Waals surface area contributed by atoms with E-state index in [0.29, 0.717) is 0 Å². The number of ether oxygens (including phenoxy) is 3. The van der Waals surface area contributed by atoms with E-state index in [1.54, 1.807) is 6.92 Å². The normalized spacial score (nSPS) is 50.3. The number of hydrogen-bond donors (Lipinski definition) is 2. The molecule has 0 spiro atoms. The first-order valence-electron chi connectivity index (χ1n) is 14.6. The Morgan fingerprint density at radius 3 is 2.20 bits per heavy atom. The van der Waals surface area contributed by atoms with Gasteiger partial charge in [0, 0.05) is 47.8 Å². The Bertz CT molecular complexity index is 1400. The molecule has 0 amide bonds. The Morgan fingerprint density at radius 2 is 1.61 bits per heavy atom. The van der Waals surface area contributed by atoms with E-state index >= 15 is 0 Å². The fraction of sp³-hybridized carbons (Fsp3) is 0.688. The van der Waals surface area contributed by atoms with Gasteiger partial charge in [-0.25, -0.2) is 0 Å². The molecule has 0 radical (unpaired) electrons. The molecule has 6 fully saturated rings. The molecule has 7 rings (SSSR count). The number of Topliss-reactive ketones (excluding diaryl/α,β-unsaturated/α-hetero) is 1. The SMILES string of the molecule is CC(=O)OC[C@]12C[C@@]3(O)C(=O)[C@@]1(C)[C@@H]1[C@H]2[C@H]2[C@@H]4C(C)(C)[C@]4(OC(C)=O)[C@H](OC(=O)Cc4ccccc4)[C@@H](C)[C@]2(O)[C@H]13. The number of benzene rings is 1. The van der Waals surface area contributed by atoms with Gasteiger partial charge in [-0.2, -0.15) is 0 Å². The van der Waals surface area contributed by atoms with Crippen LogP contribution in [0.5, 0.6) is 0 Å². The van der Waals surface area contributed by atoms with Crippen molar-refractivity contribution in [2.45, 2.75) is 77.3 Å². The molecule has 6 saturated carbocycles. The van der Waals surface area contributed by atoms with Crippen molar-refractivity contribution in [2.24, 2.45) is 51.8 Å². The van der Waals surface area contributed by atoms with E-state index < -0.39 is 80.7 Å². The topological polar surface area (TPSA) is 136 Å². The van der Waals surface area contributed by atoms with Gasteiger partial charge in [0.1, 0.15) is 11.7 Å². The highest BCUT2D eigenvalue weighted by Gasteiger charge is 3.01. The smallest absolute Gasteiger partial charge is 0.310 e. The van der Waals surface area contributed by atoms with Crippen LogP contribution in [0.15, 0.2) is 30.3 Å². The van der Waals surface area contributed by atoms with E-state index in [-0.39, 0.29) is 37.1 Å². The summed E-state index contributed by atoms with van der Waals surface area (Å²) in [5, 5.41) is 25.0. The Hall–Kier alpha value is -2.78. The summed E-state index contributed by atoms with van der Waals surface area (Å²) in [6.07, 6.45) is -0.881. The van der Waals surface area contributed by atoms with Crippen LogP contribution < -0.4 is 0 Å². The number of hydrogen-bond acceptors (Lipinski definition) is 9. The van der Waals surface area contributed by atoms with Crippen LogP contribution in [0.4, 0.5) is 0 Å². The van der Waals surface area contributed by atoms with E-state index in [4.69, 9.17) is 14.2 Å². The zero-order chi connectivity index (χ0) is 29.7. The predicted octanol–water partition coefficient (Wildman–Crippen LogP) is 2.24. The molecule has 220 valence electrons. The van der Waals surface area contributed by atoms with Crippen molar-refractivity contribution in [3.63, 3.8) is 0 Å². The second-order valence-corrected chi connectivity index (χ2v) is 14.5. The Kier molecular flexibility index (Phi) is 5.01. The Balaban J connectivity index is 1.35. The third kappa shape index (κ3) is 2.64. The molecule has 9 nitrogen and oxygen atoms in total. The van der Waals surface area contributed by atoms with E-state index in [1.807, 2.05) is 51.1 Å². The van der Waals surface area contributed by atoms with Crippen molar-refractivity contribution in [2.75, 3.05) is 6.61 Å². The summed E-state index contributed by atoms with van der Waals surface area (Å²) in [6, 6.07) is 9.17. The summed E-state index contributed by atoms with van der Waals surface area (Å²) in [5.74, 6) is -4.73. The molecule has 0 heterocycles. The second kappa shape index (κ2) is 7.59. The van der Waals surface area contributed by atoms with E-state index in [2.05, 4.69) is 0 Å². The molecular formula is C32H38O9. The minimum absolute atomic E-state index is 0.00777. The van der Waals surface area contributed by atoms with Gasteiger partial charge in [-0.15, -0.1) is 0 Å². The molecule has 41 heavy (non-hydrogen) atoms. The molecule has 1 aromatic rings. The lowest BCUT2D eigenvalue weighted by molar-refractivity contribution is -0.237. The maximum Gasteiger partial charge on any atom is 0.310 e. The average Bonchev–Trinajstić information content (AvgIpc) is 3.11. The minimum Gasteiger partial charge on any atom is -0.465 e. The maximum atomic E-state index is 13.8. The van der Waals surface area contributed by atoms with Crippen LogP contribution in [-0.4, -0.2) is 63.4 Å². The highest BCUT2D eigenvalue weighted by atomic mass is 16.6. The lowest BCUT2D eigenvalue weighted by Gasteiger charge is -2.65. The first-order valence-corrected chi connectivity index (χ1v) is 14.6. The molecule has 0 unspecified atom stereocenters. The monoisotopic (exact) mass is 566 g/mol. The number of fused-ring (bicyclic) bond motifs is 8. The summed E-state index contributed by atoms with van der Waals surface area (Å²) in [5.41, 5.74) is -6.25. The molecule has 0 aromatic heterocycles. The van der Waals surface area contributed by atoms with Crippen molar-refractivity contribution < 1.29 is 43.6 Å². The van der Waals surface area contributed by atoms with Gasteiger partial charge < -0.3 is 24.4 Å². The number of aliphatic hydroxyl groups is 2. The van der Waals surface area contributed by atoms with Crippen LogP contribution >= 0.6 is 0 Å².